The molecule has 2 aliphatic carbocycles. The molecule has 0 aromatic heterocycles. The summed E-state index contributed by atoms with van der Waals surface area (Å²) in [6, 6.07) is 0. The largest absolute Gasteiger partial charge is 0.475 e. The van der Waals surface area contributed by atoms with Gasteiger partial charge in [-0.2, -0.15) is 0 Å². The van der Waals surface area contributed by atoms with E-state index in [1.807, 2.05) is 0 Å². The van der Waals surface area contributed by atoms with Crippen LogP contribution in [0.15, 0.2) is 0 Å². The van der Waals surface area contributed by atoms with Crippen molar-refractivity contribution in [1.82, 2.24) is 0 Å². The van der Waals surface area contributed by atoms with Crippen LogP contribution in [-0.4, -0.2) is 16.2 Å². The Morgan fingerprint density at radius 2 is 2.12 bits per heavy atom. The molecule has 0 heterocycles. The van der Waals surface area contributed by atoms with Gasteiger partial charge in [0.25, 0.3) is 0 Å². The molecule has 3 atom stereocenters. The molecular formula is C13H22OS2. The minimum atomic E-state index is 0.329. The van der Waals surface area contributed by atoms with Crippen molar-refractivity contribution < 1.29 is 4.74 Å². The third kappa shape index (κ3) is 1.71. The highest BCUT2D eigenvalue weighted by molar-refractivity contribution is 8.22. The van der Waals surface area contributed by atoms with Crippen molar-refractivity contribution in [2.45, 2.75) is 53.1 Å². The molecule has 3 heteroatoms. The van der Waals surface area contributed by atoms with Crippen LogP contribution in [0.1, 0.15) is 47.0 Å². The second kappa shape index (κ2) is 4.16. The van der Waals surface area contributed by atoms with E-state index in [-0.39, 0.29) is 0 Å². The molecule has 0 N–H and O–H groups in total. The average Bonchev–Trinajstić information content (AvgIpc) is 2.51. The van der Waals surface area contributed by atoms with Gasteiger partial charge in [0.15, 0.2) is 0 Å². The quantitative estimate of drug-likeness (QED) is 0.685. The van der Waals surface area contributed by atoms with Crippen molar-refractivity contribution in [3.63, 3.8) is 0 Å². The van der Waals surface area contributed by atoms with Crippen LogP contribution in [0, 0.1) is 16.7 Å². The molecule has 0 amide bonds. The zero-order valence-electron chi connectivity index (χ0n) is 10.7. The molecule has 2 rings (SSSR count). The zero-order chi connectivity index (χ0) is 12.0. The standard InChI is InChI=1S/C13H22OS2/c1-5-16-11(15)14-10-8-9-6-7-13(10,4)12(9,2)3/h9-10H,5-8H2,1-4H3/t9-,10+,13+/m1/s1. The average molecular weight is 258 g/mol. The second-order valence-electron chi connectivity index (χ2n) is 5.90. The van der Waals surface area contributed by atoms with E-state index in [1.165, 1.54) is 19.3 Å². The first-order valence-corrected chi connectivity index (χ1v) is 7.64. The van der Waals surface area contributed by atoms with Crippen LogP contribution < -0.4 is 0 Å². The first-order chi connectivity index (χ1) is 7.41. The molecule has 0 aromatic rings. The maximum atomic E-state index is 6.02. The Kier molecular flexibility index (Phi) is 3.30. The van der Waals surface area contributed by atoms with Crippen molar-refractivity contribution >= 4 is 28.4 Å². The summed E-state index contributed by atoms with van der Waals surface area (Å²) in [6.07, 6.45) is 4.23. The zero-order valence-corrected chi connectivity index (χ0v) is 12.3. The van der Waals surface area contributed by atoms with Gasteiger partial charge in [-0.25, -0.2) is 0 Å². The van der Waals surface area contributed by atoms with E-state index in [1.54, 1.807) is 11.8 Å². The van der Waals surface area contributed by atoms with Crippen LogP contribution in [0.4, 0.5) is 0 Å². The summed E-state index contributed by atoms with van der Waals surface area (Å²) in [7, 11) is 0. The van der Waals surface area contributed by atoms with Crippen LogP contribution in [0.25, 0.3) is 0 Å². The van der Waals surface area contributed by atoms with Gasteiger partial charge in [0.05, 0.1) is 0 Å². The lowest BCUT2D eigenvalue weighted by molar-refractivity contribution is 0.0271. The molecule has 0 radical (unpaired) electrons. The highest BCUT2D eigenvalue weighted by Gasteiger charge is 2.62. The number of thiocarbonyl (C=S) groups is 1. The van der Waals surface area contributed by atoms with E-state index >= 15 is 0 Å². The fourth-order valence-corrected chi connectivity index (χ4v) is 4.47. The molecular weight excluding hydrogens is 236 g/mol. The molecule has 16 heavy (non-hydrogen) atoms. The normalized spacial score (nSPS) is 40.0. The van der Waals surface area contributed by atoms with Crippen LogP contribution in [-0.2, 0) is 4.74 Å². The monoisotopic (exact) mass is 258 g/mol. The van der Waals surface area contributed by atoms with Gasteiger partial charge in [0, 0.05) is 5.41 Å². The number of thioether (sulfide) groups is 1. The Morgan fingerprint density at radius 1 is 1.44 bits per heavy atom. The summed E-state index contributed by atoms with van der Waals surface area (Å²) in [5, 5.41) is 0. The second-order valence-corrected chi connectivity index (χ2v) is 7.77. The minimum Gasteiger partial charge on any atom is -0.475 e. The summed E-state index contributed by atoms with van der Waals surface area (Å²) >= 11 is 6.92. The lowest BCUT2D eigenvalue weighted by Crippen LogP contribution is -2.37. The molecule has 2 fully saturated rings. The van der Waals surface area contributed by atoms with Crippen LogP contribution in [0.5, 0.6) is 0 Å². The fraction of sp³-hybridized carbons (Fsp3) is 0.923. The topological polar surface area (TPSA) is 9.23 Å². The molecule has 0 saturated heterocycles. The molecule has 1 nitrogen and oxygen atoms in total. The predicted octanol–water partition coefficient (Wildman–Crippen LogP) is 4.26. The van der Waals surface area contributed by atoms with Gasteiger partial charge in [-0.3, -0.25) is 0 Å². The van der Waals surface area contributed by atoms with Crippen molar-refractivity contribution in [2.75, 3.05) is 5.75 Å². The van der Waals surface area contributed by atoms with E-state index in [4.69, 9.17) is 17.0 Å². The van der Waals surface area contributed by atoms with Gasteiger partial charge in [0.1, 0.15) is 6.10 Å². The number of fused-ring (bicyclic) bond motifs is 2. The van der Waals surface area contributed by atoms with Crippen LogP contribution in [0.3, 0.4) is 0 Å². The van der Waals surface area contributed by atoms with E-state index in [2.05, 4.69) is 27.7 Å². The SMILES string of the molecule is CCSC(=S)O[C@H]1C[C@H]2CC[C@]1(C)C2(C)C. The molecule has 0 spiro atoms. The van der Waals surface area contributed by atoms with E-state index in [0.717, 1.165) is 16.1 Å². The summed E-state index contributed by atoms with van der Waals surface area (Å²) in [6.45, 7) is 9.32. The number of rotatable bonds is 2. The van der Waals surface area contributed by atoms with Crippen molar-refractivity contribution in [2.24, 2.45) is 16.7 Å². The molecule has 92 valence electrons. The maximum absolute atomic E-state index is 6.02. The minimum absolute atomic E-state index is 0.329. The summed E-state index contributed by atoms with van der Waals surface area (Å²) in [5.74, 6) is 1.84. The van der Waals surface area contributed by atoms with Gasteiger partial charge < -0.3 is 4.74 Å². The number of hydrogen-bond donors (Lipinski definition) is 0. The molecule has 2 saturated carbocycles. The Morgan fingerprint density at radius 3 is 2.56 bits per heavy atom. The molecule has 2 bridgehead atoms. The summed E-state index contributed by atoms with van der Waals surface area (Å²) < 4.78 is 6.77. The van der Waals surface area contributed by atoms with E-state index in [0.29, 0.717) is 16.9 Å². The molecule has 0 aromatic carbocycles. The number of ether oxygens (including phenoxy) is 1. The van der Waals surface area contributed by atoms with Gasteiger partial charge in [-0.05, 0) is 48.6 Å². The Hall–Kier alpha value is 0.240. The van der Waals surface area contributed by atoms with Crippen LogP contribution >= 0.6 is 24.0 Å². The summed E-state index contributed by atoms with van der Waals surface area (Å²) in [4.78, 5) is 0. The van der Waals surface area contributed by atoms with Crippen LogP contribution in [0.2, 0.25) is 0 Å². The first-order valence-electron chi connectivity index (χ1n) is 6.25. The lowest BCUT2D eigenvalue weighted by atomic mass is 9.70. The number of hydrogen-bond acceptors (Lipinski definition) is 3. The Bertz CT molecular complexity index is 300. The van der Waals surface area contributed by atoms with E-state index in [9.17, 15) is 0 Å². The van der Waals surface area contributed by atoms with Gasteiger partial charge in [0.2, 0.25) is 4.38 Å². The Labute approximate surface area is 109 Å². The first kappa shape index (κ1) is 12.7. The predicted molar refractivity (Wildman–Crippen MR) is 74.8 cm³/mol. The van der Waals surface area contributed by atoms with Crippen molar-refractivity contribution in [1.29, 1.82) is 0 Å². The molecule has 2 aliphatic rings. The smallest absolute Gasteiger partial charge is 0.220 e. The maximum Gasteiger partial charge on any atom is 0.220 e. The third-order valence-electron chi connectivity index (χ3n) is 5.21. The summed E-state index contributed by atoms with van der Waals surface area (Å²) in [5.41, 5.74) is 0.750. The Balaban J connectivity index is 2.07. The highest BCUT2D eigenvalue weighted by Crippen LogP contribution is 2.66. The molecule has 0 unspecified atom stereocenters. The van der Waals surface area contributed by atoms with Gasteiger partial charge >= 0.3 is 0 Å². The van der Waals surface area contributed by atoms with Gasteiger partial charge in [-0.15, -0.1) is 0 Å². The van der Waals surface area contributed by atoms with Gasteiger partial charge in [-0.1, -0.05) is 39.5 Å². The fourth-order valence-electron chi connectivity index (χ4n) is 3.58. The van der Waals surface area contributed by atoms with Crippen molar-refractivity contribution in [3.8, 4) is 0 Å². The highest BCUT2D eigenvalue weighted by atomic mass is 32.2. The van der Waals surface area contributed by atoms with E-state index < -0.39 is 0 Å². The third-order valence-corrected chi connectivity index (χ3v) is 6.29. The van der Waals surface area contributed by atoms with Crippen molar-refractivity contribution in [3.05, 3.63) is 0 Å². The lowest BCUT2D eigenvalue weighted by Gasteiger charge is -2.38. The molecule has 0 aliphatic heterocycles.